The molecule has 4 nitrogen and oxygen atoms in total. The van der Waals surface area contributed by atoms with Crippen LogP contribution in [0.2, 0.25) is 0 Å². The van der Waals surface area contributed by atoms with E-state index in [-0.39, 0.29) is 11.6 Å². The zero-order valence-corrected chi connectivity index (χ0v) is 9.65. The Morgan fingerprint density at radius 2 is 2.44 bits per heavy atom. The summed E-state index contributed by atoms with van der Waals surface area (Å²) in [6.45, 7) is 0. The van der Waals surface area contributed by atoms with Crippen LogP contribution in [0.25, 0.3) is 0 Å². The van der Waals surface area contributed by atoms with Crippen LogP contribution in [0.1, 0.15) is 24.8 Å². The lowest BCUT2D eigenvalue weighted by atomic mass is 9.73. The molecule has 1 aliphatic carbocycles. The number of pyridine rings is 1. The summed E-state index contributed by atoms with van der Waals surface area (Å²) in [7, 11) is 1.77. The van der Waals surface area contributed by atoms with Crippen molar-refractivity contribution in [1.29, 1.82) is 0 Å². The van der Waals surface area contributed by atoms with E-state index >= 15 is 0 Å². The number of nitrogens with one attached hydrogen (secondary N) is 1. The van der Waals surface area contributed by atoms with Crippen LogP contribution in [0.5, 0.6) is 0 Å². The van der Waals surface area contributed by atoms with Crippen LogP contribution in [0.15, 0.2) is 24.5 Å². The zero-order valence-electron chi connectivity index (χ0n) is 9.65. The molecule has 0 amide bonds. The fraction of sp³-hybridized carbons (Fsp3) is 0.583. The summed E-state index contributed by atoms with van der Waals surface area (Å²) in [6.07, 6.45) is 7.91. The van der Waals surface area contributed by atoms with Crippen LogP contribution in [0, 0.1) is 0 Å². The number of hydrogen-bond donors (Lipinski definition) is 2. The number of methoxy groups -OCH3 is 1. The predicted molar refractivity (Wildman–Crippen MR) is 62.6 cm³/mol. The minimum atomic E-state index is -0.0788. The molecule has 0 aliphatic heterocycles. The molecule has 1 heterocycles. The van der Waals surface area contributed by atoms with Crippen molar-refractivity contribution in [1.82, 2.24) is 10.4 Å². The SMILES string of the molecule is COC1(C(Cc2cccnc2)NN)CCC1. The van der Waals surface area contributed by atoms with Gasteiger partial charge < -0.3 is 4.74 Å². The van der Waals surface area contributed by atoms with Crippen molar-refractivity contribution in [3.8, 4) is 0 Å². The summed E-state index contributed by atoms with van der Waals surface area (Å²) in [6, 6.07) is 4.18. The molecule has 1 unspecified atom stereocenters. The van der Waals surface area contributed by atoms with Gasteiger partial charge in [-0.3, -0.25) is 16.3 Å². The highest BCUT2D eigenvalue weighted by Crippen LogP contribution is 2.38. The fourth-order valence-electron chi connectivity index (χ4n) is 2.37. The van der Waals surface area contributed by atoms with Crippen molar-refractivity contribution >= 4 is 0 Å². The third kappa shape index (κ3) is 2.09. The summed E-state index contributed by atoms with van der Waals surface area (Å²) < 4.78 is 5.64. The molecule has 1 saturated carbocycles. The normalized spacial score (nSPS) is 20.1. The lowest BCUT2D eigenvalue weighted by Crippen LogP contribution is -2.59. The van der Waals surface area contributed by atoms with Crippen molar-refractivity contribution in [2.75, 3.05) is 7.11 Å². The van der Waals surface area contributed by atoms with E-state index in [0.29, 0.717) is 0 Å². The topological polar surface area (TPSA) is 60.2 Å². The molecule has 1 aliphatic rings. The highest BCUT2D eigenvalue weighted by molar-refractivity contribution is 5.13. The van der Waals surface area contributed by atoms with Crippen LogP contribution in [0.3, 0.4) is 0 Å². The van der Waals surface area contributed by atoms with Gasteiger partial charge in [0, 0.05) is 19.5 Å². The second-order valence-corrected chi connectivity index (χ2v) is 4.41. The lowest BCUT2D eigenvalue weighted by Gasteiger charge is -2.46. The molecule has 1 fully saturated rings. The van der Waals surface area contributed by atoms with Crippen molar-refractivity contribution in [2.45, 2.75) is 37.3 Å². The molecule has 0 saturated heterocycles. The summed E-state index contributed by atoms with van der Waals surface area (Å²) in [4.78, 5) is 4.11. The number of nitrogens with two attached hydrogens (primary N) is 1. The summed E-state index contributed by atoms with van der Waals surface area (Å²) >= 11 is 0. The number of rotatable bonds is 5. The van der Waals surface area contributed by atoms with Crippen molar-refractivity contribution in [3.05, 3.63) is 30.1 Å². The third-order valence-corrected chi connectivity index (χ3v) is 3.61. The average molecular weight is 221 g/mol. The van der Waals surface area contributed by atoms with E-state index in [1.165, 1.54) is 12.0 Å². The van der Waals surface area contributed by atoms with E-state index in [1.54, 1.807) is 13.3 Å². The molecule has 1 aromatic heterocycles. The Morgan fingerprint density at radius 3 is 2.88 bits per heavy atom. The Hall–Kier alpha value is -0.970. The second-order valence-electron chi connectivity index (χ2n) is 4.41. The van der Waals surface area contributed by atoms with Gasteiger partial charge in [0.1, 0.15) is 0 Å². The molecule has 2 rings (SSSR count). The second kappa shape index (κ2) is 4.91. The number of nitrogens with zero attached hydrogens (tertiary/aromatic N) is 1. The first-order chi connectivity index (χ1) is 7.80. The van der Waals surface area contributed by atoms with Gasteiger partial charge in [-0.25, -0.2) is 0 Å². The molecule has 0 spiro atoms. The minimum absolute atomic E-state index is 0.0788. The van der Waals surface area contributed by atoms with Gasteiger partial charge in [-0.15, -0.1) is 0 Å². The van der Waals surface area contributed by atoms with E-state index in [9.17, 15) is 0 Å². The average Bonchev–Trinajstić information content (AvgIpc) is 2.28. The first-order valence-corrected chi connectivity index (χ1v) is 5.71. The smallest absolute Gasteiger partial charge is 0.0847 e. The van der Waals surface area contributed by atoms with Gasteiger partial charge in [0.05, 0.1) is 11.6 Å². The van der Waals surface area contributed by atoms with Crippen LogP contribution in [-0.2, 0) is 11.2 Å². The molecular weight excluding hydrogens is 202 g/mol. The van der Waals surface area contributed by atoms with Gasteiger partial charge in [-0.1, -0.05) is 6.07 Å². The van der Waals surface area contributed by atoms with Crippen molar-refractivity contribution in [2.24, 2.45) is 5.84 Å². The Kier molecular flexibility index (Phi) is 3.53. The zero-order chi connectivity index (χ0) is 11.4. The van der Waals surface area contributed by atoms with Crippen LogP contribution in [-0.4, -0.2) is 23.7 Å². The molecular formula is C12H19N3O. The largest absolute Gasteiger partial charge is 0.377 e. The Morgan fingerprint density at radius 1 is 1.62 bits per heavy atom. The number of hydrogen-bond acceptors (Lipinski definition) is 4. The molecule has 4 heteroatoms. The van der Waals surface area contributed by atoms with Gasteiger partial charge in [-0.2, -0.15) is 0 Å². The maximum atomic E-state index is 5.64. The monoisotopic (exact) mass is 221 g/mol. The van der Waals surface area contributed by atoms with Crippen LogP contribution >= 0.6 is 0 Å². The quantitative estimate of drug-likeness (QED) is 0.576. The highest BCUT2D eigenvalue weighted by atomic mass is 16.5. The molecule has 3 N–H and O–H groups in total. The van der Waals surface area contributed by atoms with Gasteiger partial charge in [-0.05, 0) is 37.3 Å². The van der Waals surface area contributed by atoms with E-state index in [1.807, 2.05) is 12.3 Å². The van der Waals surface area contributed by atoms with Gasteiger partial charge in [0.25, 0.3) is 0 Å². The maximum Gasteiger partial charge on any atom is 0.0847 e. The maximum absolute atomic E-state index is 5.64. The Bertz CT molecular complexity index is 319. The standard InChI is InChI=1S/C12H19N3O/c1-16-12(5-3-6-12)11(15-13)8-10-4-2-7-14-9-10/h2,4,7,9,11,15H,3,5-6,8,13H2,1H3. The molecule has 88 valence electrons. The number of hydrazine groups is 1. The van der Waals surface area contributed by atoms with Gasteiger partial charge in [0.15, 0.2) is 0 Å². The first kappa shape index (κ1) is 11.5. The first-order valence-electron chi connectivity index (χ1n) is 5.71. The molecule has 0 bridgehead atoms. The molecule has 0 radical (unpaired) electrons. The molecule has 1 atom stereocenters. The van der Waals surface area contributed by atoms with E-state index < -0.39 is 0 Å². The lowest BCUT2D eigenvalue weighted by molar-refractivity contribution is -0.0982. The van der Waals surface area contributed by atoms with Crippen molar-refractivity contribution < 1.29 is 4.74 Å². The van der Waals surface area contributed by atoms with E-state index in [0.717, 1.165) is 19.3 Å². The summed E-state index contributed by atoms with van der Waals surface area (Å²) in [5.41, 5.74) is 4.00. The summed E-state index contributed by atoms with van der Waals surface area (Å²) in [5, 5.41) is 0. The Balaban J connectivity index is 2.06. The van der Waals surface area contributed by atoms with Gasteiger partial charge >= 0.3 is 0 Å². The predicted octanol–water partition coefficient (Wildman–Crippen LogP) is 1.03. The fourth-order valence-corrected chi connectivity index (χ4v) is 2.37. The Labute approximate surface area is 96.2 Å². The van der Waals surface area contributed by atoms with E-state index in [4.69, 9.17) is 10.6 Å². The molecule has 16 heavy (non-hydrogen) atoms. The number of ether oxygens (including phenoxy) is 1. The minimum Gasteiger partial charge on any atom is -0.377 e. The summed E-state index contributed by atoms with van der Waals surface area (Å²) in [5.74, 6) is 5.64. The van der Waals surface area contributed by atoms with Gasteiger partial charge in [0.2, 0.25) is 0 Å². The third-order valence-electron chi connectivity index (χ3n) is 3.61. The highest BCUT2D eigenvalue weighted by Gasteiger charge is 2.43. The molecule has 0 aromatic carbocycles. The molecule has 1 aromatic rings. The van der Waals surface area contributed by atoms with Crippen LogP contribution < -0.4 is 11.3 Å². The van der Waals surface area contributed by atoms with Crippen molar-refractivity contribution in [3.63, 3.8) is 0 Å². The number of aromatic nitrogens is 1. The van der Waals surface area contributed by atoms with E-state index in [2.05, 4.69) is 16.5 Å². The van der Waals surface area contributed by atoms with Crippen LogP contribution in [0.4, 0.5) is 0 Å².